The van der Waals surface area contributed by atoms with Crippen molar-refractivity contribution in [1.29, 1.82) is 0 Å². The van der Waals surface area contributed by atoms with Crippen LogP contribution in [0.2, 0.25) is 39.3 Å². The molecule has 20 heavy (non-hydrogen) atoms. The topological polar surface area (TPSA) is 35.5 Å². The maximum Gasteiger partial charge on any atom is 0.429 e. The fraction of sp³-hybridized carbons (Fsp3) is 0.778. The number of rotatable bonds is 5. The van der Waals surface area contributed by atoms with Gasteiger partial charge in [0.2, 0.25) is 5.31 Å². The third-order valence-corrected chi connectivity index (χ3v) is 8.78. The molecule has 0 aliphatic heterocycles. The summed E-state index contributed by atoms with van der Waals surface area (Å²) in [5, 5.41) is -2.49. The highest BCUT2D eigenvalue weighted by molar-refractivity contribution is 7.61. The largest absolute Gasteiger partial charge is 0.429 e. The van der Waals surface area contributed by atoms with Crippen molar-refractivity contribution in [2.24, 2.45) is 0 Å². The normalized spacial score (nSPS) is 14.3. The van der Waals surface area contributed by atoms with Crippen LogP contribution < -0.4 is 0 Å². The van der Waals surface area contributed by atoms with Crippen LogP contribution in [0.5, 0.6) is 0 Å². The zero-order chi connectivity index (χ0) is 16.6. The van der Waals surface area contributed by atoms with Crippen LogP contribution in [0.3, 0.4) is 0 Å². The van der Waals surface area contributed by atoms with Gasteiger partial charge in [-0.15, -0.1) is 0 Å². The number of hydrogen-bond donors (Lipinski definition) is 0. The second-order valence-electron chi connectivity index (χ2n) is 6.01. The first-order valence-electron chi connectivity index (χ1n) is 5.62. The summed E-state index contributed by atoms with van der Waals surface area (Å²) >= 11 is 0. The van der Waals surface area contributed by atoms with Crippen LogP contribution in [0.4, 0.5) is 22.0 Å². The SMILES string of the molecule is C[Si](C)(C)OP(=O)(O[Si](C)(C)C)C(=C(F)F)C(F)(F)F. The van der Waals surface area contributed by atoms with E-state index in [1.165, 1.54) is 39.3 Å². The van der Waals surface area contributed by atoms with E-state index in [1.54, 1.807) is 0 Å². The maximum absolute atomic E-state index is 12.8. The van der Waals surface area contributed by atoms with E-state index in [9.17, 15) is 26.5 Å². The highest BCUT2D eigenvalue weighted by Gasteiger charge is 2.54. The zero-order valence-corrected chi connectivity index (χ0v) is 15.0. The Morgan fingerprint density at radius 1 is 0.900 bits per heavy atom. The number of hydrogen-bond acceptors (Lipinski definition) is 3. The van der Waals surface area contributed by atoms with Gasteiger partial charge in [0.15, 0.2) is 16.6 Å². The fourth-order valence-electron chi connectivity index (χ4n) is 1.20. The van der Waals surface area contributed by atoms with Crippen LogP contribution in [0.15, 0.2) is 11.4 Å². The minimum Gasteiger partial charge on any atom is -0.348 e. The average Bonchev–Trinajstić information content (AvgIpc) is 1.87. The van der Waals surface area contributed by atoms with E-state index in [4.69, 9.17) is 8.43 Å². The van der Waals surface area contributed by atoms with Crippen LogP contribution in [0.25, 0.3) is 0 Å². The lowest BCUT2D eigenvalue weighted by atomic mass is 10.6. The van der Waals surface area contributed by atoms with E-state index >= 15 is 0 Å². The molecule has 0 atom stereocenters. The summed E-state index contributed by atoms with van der Waals surface area (Å²) in [4.78, 5) is 0. The number of alkyl halides is 3. The molecular formula is C9H18F5O3PSi2. The Kier molecular flexibility index (Phi) is 5.99. The van der Waals surface area contributed by atoms with Crippen molar-refractivity contribution < 1.29 is 34.9 Å². The summed E-state index contributed by atoms with van der Waals surface area (Å²) in [6.07, 6.45) is -8.56. The van der Waals surface area contributed by atoms with Gasteiger partial charge in [-0.05, 0) is 39.3 Å². The minimum absolute atomic E-state index is 1.44. The van der Waals surface area contributed by atoms with Crippen LogP contribution >= 0.6 is 7.60 Å². The molecule has 120 valence electrons. The lowest BCUT2D eigenvalue weighted by Gasteiger charge is -2.32. The van der Waals surface area contributed by atoms with E-state index in [0.29, 0.717) is 0 Å². The minimum atomic E-state index is -5.48. The van der Waals surface area contributed by atoms with Gasteiger partial charge in [0.1, 0.15) is 0 Å². The van der Waals surface area contributed by atoms with E-state index < -0.39 is 41.8 Å². The Balaban J connectivity index is 6.01. The zero-order valence-electron chi connectivity index (χ0n) is 12.1. The Morgan fingerprint density at radius 2 is 1.20 bits per heavy atom. The molecule has 0 aromatic rings. The molecule has 0 saturated heterocycles. The molecule has 3 nitrogen and oxygen atoms in total. The van der Waals surface area contributed by atoms with E-state index in [1.807, 2.05) is 0 Å². The fourth-order valence-corrected chi connectivity index (χ4v) is 8.70. The monoisotopic (exact) mass is 356 g/mol. The lowest BCUT2D eigenvalue weighted by molar-refractivity contribution is -0.0893. The van der Waals surface area contributed by atoms with Crippen molar-refractivity contribution in [2.75, 3.05) is 0 Å². The first-order chi connectivity index (χ1) is 8.48. The van der Waals surface area contributed by atoms with E-state index in [-0.39, 0.29) is 0 Å². The second-order valence-corrected chi connectivity index (χ2v) is 17.4. The molecule has 0 aromatic heterocycles. The van der Waals surface area contributed by atoms with Crippen molar-refractivity contribution in [1.82, 2.24) is 0 Å². The molecule has 0 saturated carbocycles. The van der Waals surface area contributed by atoms with Crippen molar-refractivity contribution in [2.45, 2.75) is 45.5 Å². The van der Waals surface area contributed by atoms with Gasteiger partial charge in [-0.3, -0.25) is 4.57 Å². The molecule has 0 radical (unpaired) electrons. The third kappa shape index (κ3) is 6.62. The second kappa shape index (κ2) is 6.00. The summed E-state index contributed by atoms with van der Waals surface area (Å²) in [7, 11) is -10.7. The highest BCUT2D eigenvalue weighted by Crippen LogP contribution is 2.65. The summed E-state index contributed by atoms with van der Waals surface area (Å²) in [6.45, 7) is 8.65. The molecule has 0 N–H and O–H groups in total. The standard InChI is InChI=1S/C9H18F5O3PSi2/c1-19(2,3)16-18(15,17-20(4,5)6)7(8(10)11)9(12,13)14/h1-6H3. The molecule has 0 fully saturated rings. The highest BCUT2D eigenvalue weighted by atomic mass is 31.2. The van der Waals surface area contributed by atoms with Crippen molar-refractivity contribution in [3.05, 3.63) is 11.4 Å². The number of halogens is 5. The van der Waals surface area contributed by atoms with Gasteiger partial charge in [0.05, 0.1) is 0 Å². The molecule has 0 unspecified atom stereocenters. The average molecular weight is 356 g/mol. The maximum atomic E-state index is 12.8. The summed E-state index contributed by atoms with van der Waals surface area (Å²) in [6, 6.07) is 0. The van der Waals surface area contributed by atoms with Crippen molar-refractivity contribution >= 4 is 24.2 Å². The van der Waals surface area contributed by atoms with Gasteiger partial charge >= 0.3 is 13.8 Å². The van der Waals surface area contributed by atoms with Crippen molar-refractivity contribution in [3.63, 3.8) is 0 Å². The molecule has 11 heteroatoms. The summed E-state index contributed by atoms with van der Waals surface area (Å²) < 4.78 is 85.9. The predicted octanol–water partition coefficient (Wildman–Crippen LogP) is 5.55. The molecular weight excluding hydrogens is 338 g/mol. The predicted molar refractivity (Wildman–Crippen MR) is 71.8 cm³/mol. The molecule has 0 aromatic carbocycles. The van der Waals surface area contributed by atoms with Gasteiger partial charge in [0, 0.05) is 0 Å². The van der Waals surface area contributed by atoms with Crippen LogP contribution in [0.1, 0.15) is 0 Å². The molecule has 0 heterocycles. The quantitative estimate of drug-likeness (QED) is 0.368. The van der Waals surface area contributed by atoms with Crippen LogP contribution in [0, 0.1) is 0 Å². The molecule has 0 bridgehead atoms. The van der Waals surface area contributed by atoms with Crippen molar-refractivity contribution in [3.8, 4) is 0 Å². The Labute approximate surface area is 116 Å². The molecule has 0 rings (SSSR count). The molecule has 0 aliphatic carbocycles. The van der Waals surface area contributed by atoms with Gasteiger partial charge < -0.3 is 8.43 Å². The van der Waals surface area contributed by atoms with Crippen LogP contribution in [-0.2, 0) is 13.0 Å². The Hall–Kier alpha value is -0.0262. The Morgan fingerprint density at radius 3 is 1.35 bits per heavy atom. The Bertz CT molecular complexity index is 412. The van der Waals surface area contributed by atoms with E-state index in [2.05, 4.69) is 0 Å². The molecule has 0 aliphatic rings. The van der Waals surface area contributed by atoms with Crippen LogP contribution in [-0.4, -0.2) is 22.8 Å². The van der Waals surface area contributed by atoms with Gasteiger partial charge in [-0.2, -0.15) is 22.0 Å². The van der Waals surface area contributed by atoms with Gasteiger partial charge in [-0.1, -0.05) is 0 Å². The van der Waals surface area contributed by atoms with Gasteiger partial charge in [0.25, 0.3) is 6.08 Å². The molecule has 0 amide bonds. The number of allylic oxidation sites excluding steroid dienone is 1. The molecule has 0 spiro atoms. The summed E-state index contributed by atoms with van der Waals surface area (Å²) in [5.41, 5.74) is 0. The first kappa shape index (κ1) is 20.0. The first-order valence-corrected chi connectivity index (χ1v) is 14.0. The third-order valence-electron chi connectivity index (χ3n) is 1.51. The lowest BCUT2D eigenvalue weighted by Crippen LogP contribution is -2.32. The smallest absolute Gasteiger partial charge is 0.348 e. The summed E-state index contributed by atoms with van der Waals surface area (Å²) in [5.74, 6) is 0. The van der Waals surface area contributed by atoms with Gasteiger partial charge in [-0.25, -0.2) is 0 Å². The van der Waals surface area contributed by atoms with E-state index in [0.717, 1.165) is 0 Å².